The molecule has 2 heterocycles. The monoisotopic (exact) mass is 450 g/mol. The summed E-state index contributed by atoms with van der Waals surface area (Å²) in [6, 6.07) is 21.2. The third-order valence-corrected chi connectivity index (χ3v) is 7.11. The molecule has 5 rings (SSSR count). The van der Waals surface area contributed by atoms with Gasteiger partial charge in [-0.15, -0.1) is 10.2 Å². The van der Waals surface area contributed by atoms with Gasteiger partial charge in [0.2, 0.25) is 5.13 Å². The number of carbonyl (C=O) groups excluding carboxylic acids is 1. The maximum absolute atomic E-state index is 12.7. The Balaban J connectivity index is 1.37. The Hall–Kier alpha value is -3.76. The van der Waals surface area contributed by atoms with E-state index < -0.39 is 15.9 Å². The van der Waals surface area contributed by atoms with Crippen molar-refractivity contribution in [2.24, 2.45) is 0 Å². The lowest BCUT2D eigenvalue weighted by Gasteiger charge is -2.04. The Kier molecular flexibility index (Phi) is 4.64. The number of carbonyl (C=O) groups is 1. The van der Waals surface area contributed by atoms with E-state index in [1.54, 1.807) is 48.5 Å². The van der Waals surface area contributed by atoms with Crippen LogP contribution in [0.1, 0.15) is 10.4 Å². The first kappa shape index (κ1) is 19.2. The molecule has 0 unspecified atom stereocenters. The van der Waals surface area contributed by atoms with Gasteiger partial charge in [0.05, 0.1) is 5.69 Å². The fourth-order valence-electron chi connectivity index (χ4n) is 3.12. The molecule has 0 spiro atoms. The Morgan fingerprint density at radius 3 is 2.45 bits per heavy atom. The van der Waals surface area contributed by atoms with E-state index in [1.165, 1.54) is 0 Å². The Morgan fingerprint density at radius 2 is 1.61 bits per heavy atom. The predicted molar refractivity (Wildman–Crippen MR) is 119 cm³/mol. The van der Waals surface area contributed by atoms with Gasteiger partial charge in [0, 0.05) is 22.4 Å². The molecule has 0 atom stereocenters. The van der Waals surface area contributed by atoms with Crippen molar-refractivity contribution < 1.29 is 17.6 Å². The molecular formula is C21H14N4O4S2. The van der Waals surface area contributed by atoms with Crippen molar-refractivity contribution in [3.63, 3.8) is 0 Å². The number of anilines is 2. The zero-order chi connectivity index (χ0) is 21.4. The maximum Gasteiger partial charge on any atom is 0.291 e. The van der Waals surface area contributed by atoms with Gasteiger partial charge in [-0.2, -0.15) is 8.42 Å². The lowest BCUT2D eigenvalue weighted by molar-refractivity contribution is 0.102. The van der Waals surface area contributed by atoms with Crippen LogP contribution in [-0.4, -0.2) is 24.5 Å². The first-order valence-electron chi connectivity index (χ1n) is 9.14. The van der Waals surface area contributed by atoms with Crippen LogP contribution >= 0.6 is 11.3 Å². The zero-order valence-electron chi connectivity index (χ0n) is 15.8. The van der Waals surface area contributed by atoms with E-state index in [1.807, 2.05) is 24.3 Å². The second kappa shape index (κ2) is 7.49. The number of hydrogen-bond donors (Lipinski definition) is 2. The molecule has 0 aliphatic heterocycles. The minimum Gasteiger partial charge on any atom is -0.456 e. The van der Waals surface area contributed by atoms with Crippen LogP contribution in [-0.2, 0) is 10.0 Å². The normalized spacial score (nSPS) is 11.6. The number of benzene rings is 3. The standard InChI is InChI=1S/C21H14N4O4S2/c26-19(13-6-2-1-3-7-13)22-20-23-24-21(30-20)31(27,28)25-14-10-11-16-15-8-4-5-9-17(15)29-18(16)12-14/h1-12,25H,(H,22,23,26). The number of para-hydroxylation sites is 1. The maximum atomic E-state index is 12.7. The first-order valence-corrected chi connectivity index (χ1v) is 11.4. The number of amides is 1. The highest BCUT2D eigenvalue weighted by atomic mass is 32.2. The van der Waals surface area contributed by atoms with Crippen molar-refractivity contribution in [2.75, 3.05) is 10.0 Å². The zero-order valence-corrected chi connectivity index (χ0v) is 17.4. The Labute approximate surface area is 180 Å². The van der Waals surface area contributed by atoms with Gasteiger partial charge in [-0.1, -0.05) is 47.7 Å². The molecule has 31 heavy (non-hydrogen) atoms. The third kappa shape index (κ3) is 3.74. The van der Waals surface area contributed by atoms with Gasteiger partial charge >= 0.3 is 0 Å². The Bertz CT molecular complexity index is 1530. The van der Waals surface area contributed by atoms with E-state index in [0.29, 0.717) is 16.8 Å². The average Bonchev–Trinajstić information content (AvgIpc) is 3.38. The van der Waals surface area contributed by atoms with Crippen LogP contribution in [0.2, 0.25) is 0 Å². The predicted octanol–water partition coefficient (Wildman–Crippen LogP) is 4.49. The largest absolute Gasteiger partial charge is 0.456 e. The molecule has 8 nitrogen and oxygen atoms in total. The second-order valence-corrected chi connectivity index (χ2v) is 9.44. The summed E-state index contributed by atoms with van der Waals surface area (Å²) in [5, 5.41) is 12.0. The summed E-state index contributed by atoms with van der Waals surface area (Å²) in [6.07, 6.45) is 0. The molecular weight excluding hydrogens is 436 g/mol. The number of rotatable bonds is 5. The molecule has 0 bridgehead atoms. The lowest BCUT2D eigenvalue weighted by Crippen LogP contribution is -2.12. The van der Waals surface area contributed by atoms with Gasteiger partial charge in [0.15, 0.2) is 0 Å². The van der Waals surface area contributed by atoms with Gasteiger partial charge in [-0.3, -0.25) is 14.8 Å². The smallest absolute Gasteiger partial charge is 0.291 e. The van der Waals surface area contributed by atoms with E-state index in [9.17, 15) is 13.2 Å². The molecule has 3 aromatic carbocycles. The molecule has 1 amide bonds. The first-order chi connectivity index (χ1) is 15.0. The van der Waals surface area contributed by atoms with Crippen molar-refractivity contribution in [1.29, 1.82) is 0 Å². The number of sulfonamides is 1. The van der Waals surface area contributed by atoms with E-state index in [-0.39, 0.29) is 9.47 Å². The van der Waals surface area contributed by atoms with Gasteiger partial charge in [0.25, 0.3) is 20.3 Å². The van der Waals surface area contributed by atoms with E-state index in [4.69, 9.17) is 4.42 Å². The van der Waals surface area contributed by atoms with E-state index in [2.05, 4.69) is 20.2 Å². The molecule has 0 fully saturated rings. The molecule has 2 N–H and O–H groups in total. The number of fused-ring (bicyclic) bond motifs is 3. The van der Waals surface area contributed by atoms with Gasteiger partial charge in [0.1, 0.15) is 11.2 Å². The van der Waals surface area contributed by atoms with Crippen molar-refractivity contribution in [3.05, 3.63) is 78.4 Å². The van der Waals surface area contributed by atoms with Crippen molar-refractivity contribution in [3.8, 4) is 0 Å². The van der Waals surface area contributed by atoms with Crippen LogP contribution in [0.4, 0.5) is 10.8 Å². The van der Waals surface area contributed by atoms with Crippen LogP contribution in [0, 0.1) is 0 Å². The molecule has 5 aromatic rings. The summed E-state index contributed by atoms with van der Waals surface area (Å²) >= 11 is 0.761. The highest BCUT2D eigenvalue weighted by Crippen LogP contribution is 2.31. The highest BCUT2D eigenvalue weighted by molar-refractivity contribution is 7.94. The van der Waals surface area contributed by atoms with Crippen LogP contribution in [0.15, 0.2) is 81.6 Å². The van der Waals surface area contributed by atoms with E-state index >= 15 is 0 Å². The summed E-state index contributed by atoms with van der Waals surface area (Å²) in [5.41, 5.74) is 2.05. The minimum atomic E-state index is -3.99. The third-order valence-electron chi connectivity index (χ3n) is 4.52. The number of nitrogens with one attached hydrogen (secondary N) is 2. The second-order valence-electron chi connectivity index (χ2n) is 6.61. The van der Waals surface area contributed by atoms with Crippen LogP contribution < -0.4 is 10.0 Å². The van der Waals surface area contributed by atoms with Crippen LogP contribution in [0.25, 0.3) is 21.9 Å². The molecule has 154 valence electrons. The van der Waals surface area contributed by atoms with E-state index in [0.717, 1.165) is 27.7 Å². The number of nitrogens with zero attached hydrogens (tertiary/aromatic N) is 2. The molecule has 0 saturated heterocycles. The molecule has 0 saturated carbocycles. The molecule has 0 aliphatic carbocycles. The highest BCUT2D eigenvalue weighted by Gasteiger charge is 2.22. The molecule has 0 radical (unpaired) electrons. The molecule has 10 heteroatoms. The summed E-state index contributed by atoms with van der Waals surface area (Å²) < 4.78 is 33.5. The topological polar surface area (TPSA) is 114 Å². The average molecular weight is 451 g/mol. The van der Waals surface area contributed by atoms with Crippen molar-refractivity contribution >= 4 is 60.0 Å². The summed E-state index contributed by atoms with van der Waals surface area (Å²) in [6.45, 7) is 0. The SMILES string of the molecule is O=C(Nc1nnc(S(=O)(=O)Nc2ccc3c(c2)oc2ccccc23)s1)c1ccccc1. The lowest BCUT2D eigenvalue weighted by atomic mass is 10.1. The van der Waals surface area contributed by atoms with Gasteiger partial charge in [-0.05, 0) is 30.3 Å². The number of furan rings is 1. The summed E-state index contributed by atoms with van der Waals surface area (Å²) in [7, 11) is -3.99. The summed E-state index contributed by atoms with van der Waals surface area (Å²) in [4.78, 5) is 12.2. The minimum absolute atomic E-state index is 0.0852. The fourth-order valence-corrected chi connectivity index (χ4v) is 5.06. The molecule has 0 aliphatic rings. The Morgan fingerprint density at radius 1 is 0.871 bits per heavy atom. The summed E-state index contributed by atoms with van der Waals surface area (Å²) in [5.74, 6) is -0.399. The van der Waals surface area contributed by atoms with Crippen LogP contribution in [0.5, 0.6) is 0 Å². The molecule has 2 aromatic heterocycles. The van der Waals surface area contributed by atoms with Gasteiger partial charge < -0.3 is 4.42 Å². The van der Waals surface area contributed by atoms with Gasteiger partial charge in [-0.25, -0.2) is 0 Å². The van der Waals surface area contributed by atoms with Crippen molar-refractivity contribution in [2.45, 2.75) is 4.34 Å². The quantitative estimate of drug-likeness (QED) is 0.381. The number of hydrogen-bond acceptors (Lipinski definition) is 7. The van der Waals surface area contributed by atoms with Crippen LogP contribution in [0.3, 0.4) is 0 Å². The van der Waals surface area contributed by atoms with Crippen molar-refractivity contribution in [1.82, 2.24) is 10.2 Å². The fraction of sp³-hybridized carbons (Fsp3) is 0. The number of aromatic nitrogens is 2.